The standard InChI is InChI=1S/C14N6O4S4/c15-1-5(2-16)13-25-9-7(19(21)22)8(20(23)24)10-12(11(9)27-13)28-14(26-10)6(3-17)4-18. The van der Waals surface area contributed by atoms with Crippen LogP contribution in [0, 0.1) is 65.6 Å². The Morgan fingerprint density at radius 3 is 1.18 bits per heavy atom. The van der Waals surface area contributed by atoms with Crippen LogP contribution in [0.15, 0.2) is 39.2 Å². The van der Waals surface area contributed by atoms with E-state index in [0.29, 0.717) is 0 Å². The fourth-order valence-electron chi connectivity index (χ4n) is 2.20. The minimum Gasteiger partial charge on any atom is -0.258 e. The summed E-state index contributed by atoms with van der Waals surface area (Å²) < 4.78 is 0.351. The topological polar surface area (TPSA) is 181 Å². The molecule has 0 radical (unpaired) electrons. The summed E-state index contributed by atoms with van der Waals surface area (Å²) in [7, 11) is 0. The van der Waals surface area contributed by atoms with Crippen molar-refractivity contribution in [3.05, 3.63) is 39.8 Å². The molecule has 0 bridgehead atoms. The lowest BCUT2D eigenvalue weighted by molar-refractivity contribution is -0.426. The molecule has 2 heterocycles. The van der Waals surface area contributed by atoms with Gasteiger partial charge in [-0.1, -0.05) is 47.0 Å². The van der Waals surface area contributed by atoms with Crippen molar-refractivity contribution in [1.29, 1.82) is 21.0 Å². The molecule has 0 fully saturated rings. The quantitative estimate of drug-likeness (QED) is 0.356. The molecule has 28 heavy (non-hydrogen) atoms. The molecule has 1 aromatic carbocycles. The molecule has 2 aliphatic heterocycles. The second kappa shape index (κ2) is 7.47. The lowest BCUT2D eigenvalue weighted by atomic mass is 10.2. The van der Waals surface area contributed by atoms with E-state index < -0.39 is 21.2 Å². The lowest BCUT2D eigenvalue weighted by Gasteiger charge is -2.05. The Morgan fingerprint density at radius 1 is 0.643 bits per heavy atom. The van der Waals surface area contributed by atoms with E-state index in [1.165, 1.54) is 0 Å². The summed E-state index contributed by atoms with van der Waals surface area (Å²) in [6, 6.07) is 6.77. The smallest absolute Gasteiger partial charge is 0.258 e. The largest absolute Gasteiger partial charge is 0.362 e. The molecule has 10 nitrogen and oxygen atoms in total. The normalized spacial score (nSPS) is 13.4. The molecular formula is C14N6O4S4. The summed E-state index contributed by atoms with van der Waals surface area (Å²) >= 11 is 3.36. The molecule has 0 unspecified atom stereocenters. The van der Waals surface area contributed by atoms with Gasteiger partial charge in [-0.3, -0.25) is 20.2 Å². The molecular weight excluding hydrogens is 444 g/mol. The van der Waals surface area contributed by atoms with E-state index >= 15 is 0 Å². The highest BCUT2D eigenvalue weighted by Gasteiger charge is 2.45. The summed E-state index contributed by atoms with van der Waals surface area (Å²) in [5.41, 5.74) is -2.02. The monoisotopic (exact) mass is 444 g/mol. The summed E-state index contributed by atoms with van der Waals surface area (Å²) in [4.78, 5) is 22.0. The van der Waals surface area contributed by atoms with E-state index in [1.54, 1.807) is 24.3 Å². The van der Waals surface area contributed by atoms with Crippen LogP contribution in [0.2, 0.25) is 0 Å². The molecule has 3 rings (SSSR count). The third-order valence-corrected chi connectivity index (χ3v) is 8.65. The third kappa shape index (κ3) is 2.95. The first-order valence-electron chi connectivity index (χ1n) is 6.70. The maximum absolute atomic E-state index is 11.6. The number of hydrogen-bond donors (Lipinski definition) is 0. The number of nitrogens with zero attached hydrogens (tertiary/aromatic N) is 6. The van der Waals surface area contributed by atoms with Crippen molar-refractivity contribution in [2.24, 2.45) is 0 Å². The number of nitro benzene ring substituents is 2. The Labute approximate surface area is 172 Å². The van der Waals surface area contributed by atoms with Gasteiger partial charge in [0.25, 0.3) is 0 Å². The lowest BCUT2D eigenvalue weighted by Crippen LogP contribution is -2.01. The highest BCUT2D eigenvalue weighted by molar-refractivity contribution is 8.26. The van der Waals surface area contributed by atoms with Crippen molar-refractivity contribution in [1.82, 2.24) is 0 Å². The minimum atomic E-state index is -0.880. The van der Waals surface area contributed by atoms with Gasteiger partial charge < -0.3 is 0 Å². The number of nitro groups is 2. The predicted octanol–water partition coefficient (Wildman–Crippen LogP) is 4.42. The van der Waals surface area contributed by atoms with Gasteiger partial charge in [-0.25, -0.2) is 0 Å². The second-order valence-corrected chi connectivity index (χ2v) is 9.31. The molecule has 0 spiro atoms. The van der Waals surface area contributed by atoms with Crippen molar-refractivity contribution >= 4 is 58.4 Å². The van der Waals surface area contributed by atoms with Crippen LogP contribution < -0.4 is 0 Å². The average molecular weight is 444 g/mol. The first-order valence-corrected chi connectivity index (χ1v) is 9.97. The van der Waals surface area contributed by atoms with E-state index in [9.17, 15) is 20.2 Å². The first-order chi connectivity index (χ1) is 13.4. The fourth-order valence-corrected chi connectivity index (χ4v) is 7.62. The highest BCUT2D eigenvalue weighted by atomic mass is 32.2. The SMILES string of the molecule is N#CC(C#N)=C1Sc2c3c(c([N+](=O)[O-])c([N+](=O)[O-])c2S1)SC(=C(C#N)C#N)S3. The summed E-state index contributed by atoms with van der Waals surface area (Å²) in [6.07, 6.45) is 0. The molecule has 0 aromatic heterocycles. The number of hydrogen-bond acceptors (Lipinski definition) is 12. The van der Waals surface area contributed by atoms with Gasteiger partial charge in [0.2, 0.25) is 0 Å². The van der Waals surface area contributed by atoms with Gasteiger partial charge in [0.15, 0.2) is 0 Å². The first kappa shape index (κ1) is 19.6. The fraction of sp³-hybridized carbons (Fsp3) is 0. The van der Waals surface area contributed by atoms with Gasteiger partial charge in [-0.2, -0.15) is 21.0 Å². The summed E-state index contributed by atoms with van der Waals surface area (Å²) in [6.45, 7) is 0. The number of thioether (sulfide) groups is 4. The third-order valence-electron chi connectivity index (χ3n) is 3.27. The van der Waals surface area contributed by atoms with E-state index in [0.717, 1.165) is 47.0 Å². The van der Waals surface area contributed by atoms with Crippen LogP contribution in [0.1, 0.15) is 0 Å². The zero-order valence-electron chi connectivity index (χ0n) is 12.9. The summed E-state index contributed by atoms with van der Waals surface area (Å²) in [5, 5.41) is 59.5. The maximum Gasteiger partial charge on any atom is 0.362 e. The predicted molar refractivity (Wildman–Crippen MR) is 99.7 cm³/mol. The van der Waals surface area contributed by atoms with Gasteiger partial charge >= 0.3 is 11.4 Å². The Bertz CT molecular complexity index is 1100. The zero-order valence-corrected chi connectivity index (χ0v) is 16.2. The second-order valence-electron chi connectivity index (χ2n) is 4.71. The molecule has 0 amide bonds. The van der Waals surface area contributed by atoms with Crippen molar-refractivity contribution in [2.45, 2.75) is 19.6 Å². The van der Waals surface area contributed by atoms with Crippen LogP contribution in [0.3, 0.4) is 0 Å². The van der Waals surface area contributed by atoms with Crippen molar-refractivity contribution in [3.63, 3.8) is 0 Å². The number of nitriles is 4. The van der Waals surface area contributed by atoms with E-state index in [1.807, 2.05) is 0 Å². The Hall–Kier alpha value is -3.14. The molecule has 134 valence electrons. The summed E-state index contributed by atoms with van der Waals surface area (Å²) in [5.74, 6) is 0. The van der Waals surface area contributed by atoms with Crippen LogP contribution in [0.4, 0.5) is 11.4 Å². The molecule has 1 aromatic rings. The van der Waals surface area contributed by atoms with Crippen molar-refractivity contribution in [3.8, 4) is 24.3 Å². The Morgan fingerprint density at radius 2 is 0.929 bits per heavy atom. The molecule has 0 aliphatic carbocycles. The minimum absolute atomic E-state index is 0.0386. The molecule has 0 atom stereocenters. The van der Waals surface area contributed by atoms with E-state index in [4.69, 9.17) is 21.0 Å². The molecule has 0 N–H and O–H groups in total. The van der Waals surface area contributed by atoms with Crippen LogP contribution in [-0.4, -0.2) is 9.85 Å². The Kier molecular flexibility index (Phi) is 5.23. The van der Waals surface area contributed by atoms with E-state index in [2.05, 4.69) is 0 Å². The van der Waals surface area contributed by atoms with Crippen LogP contribution in [-0.2, 0) is 0 Å². The Balaban J connectivity index is 2.38. The van der Waals surface area contributed by atoms with Gasteiger partial charge in [-0.15, -0.1) is 0 Å². The van der Waals surface area contributed by atoms with Gasteiger partial charge in [0.05, 0.1) is 18.3 Å². The molecule has 0 saturated heterocycles. The van der Waals surface area contributed by atoms with Crippen molar-refractivity contribution < 1.29 is 9.85 Å². The maximum atomic E-state index is 11.6. The van der Waals surface area contributed by atoms with Gasteiger partial charge in [0.1, 0.15) is 45.2 Å². The highest BCUT2D eigenvalue weighted by Crippen LogP contribution is 2.67. The van der Waals surface area contributed by atoms with Gasteiger partial charge in [-0.05, 0) is 0 Å². The number of fused-ring (bicyclic) bond motifs is 3. The zero-order chi connectivity index (χ0) is 20.6. The molecule has 0 saturated carbocycles. The molecule has 14 heteroatoms. The van der Waals surface area contributed by atoms with E-state index in [-0.39, 0.29) is 39.2 Å². The van der Waals surface area contributed by atoms with Crippen molar-refractivity contribution in [2.75, 3.05) is 0 Å². The van der Waals surface area contributed by atoms with Gasteiger partial charge in [0, 0.05) is 9.79 Å². The van der Waals surface area contributed by atoms with Crippen LogP contribution in [0.5, 0.6) is 0 Å². The van der Waals surface area contributed by atoms with Crippen LogP contribution >= 0.6 is 47.0 Å². The number of allylic oxidation sites excluding steroid dienone is 2. The molecule has 2 aliphatic rings. The number of rotatable bonds is 2. The number of benzene rings is 1. The van der Waals surface area contributed by atoms with Crippen LogP contribution in [0.25, 0.3) is 0 Å². The average Bonchev–Trinajstić information content (AvgIpc) is 3.26.